The Bertz CT molecular complexity index is 1030. The summed E-state index contributed by atoms with van der Waals surface area (Å²) in [6.07, 6.45) is 0.654. The van der Waals surface area contributed by atoms with E-state index in [-0.39, 0.29) is 23.9 Å². The molecule has 0 radical (unpaired) electrons. The van der Waals surface area contributed by atoms with Gasteiger partial charge in [0.25, 0.3) is 5.56 Å². The van der Waals surface area contributed by atoms with Crippen LogP contribution >= 0.6 is 0 Å². The van der Waals surface area contributed by atoms with Crippen LogP contribution in [0.4, 0.5) is 0 Å². The quantitative estimate of drug-likeness (QED) is 0.617. The number of carbonyl (C=O) groups excluding carboxylic acids is 1. The highest BCUT2D eigenvalue weighted by atomic mass is 16.5. The summed E-state index contributed by atoms with van der Waals surface area (Å²) >= 11 is 0. The van der Waals surface area contributed by atoms with Gasteiger partial charge in [0.1, 0.15) is 5.75 Å². The highest BCUT2D eigenvalue weighted by molar-refractivity contribution is 5.81. The summed E-state index contributed by atoms with van der Waals surface area (Å²) in [5.74, 6) is 0.621. The van der Waals surface area contributed by atoms with Gasteiger partial charge in [-0.2, -0.15) is 0 Å². The first-order valence-corrected chi connectivity index (χ1v) is 9.66. The van der Waals surface area contributed by atoms with Crippen molar-refractivity contribution >= 4 is 16.8 Å². The monoisotopic (exact) mass is 393 g/mol. The first-order valence-electron chi connectivity index (χ1n) is 9.66. The molecule has 1 unspecified atom stereocenters. The molecule has 0 fully saturated rings. The molecule has 0 spiro atoms. The van der Waals surface area contributed by atoms with Crippen molar-refractivity contribution in [2.24, 2.45) is 0 Å². The van der Waals surface area contributed by atoms with E-state index in [4.69, 9.17) is 4.74 Å². The van der Waals surface area contributed by atoms with Crippen molar-refractivity contribution in [2.75, 3.05) is 27.7 Å². The van der Waals surface area contributed by atoms with Gasteiger partial charge in [0, 0.05) is 24.6 Å². The first kappa shape index (κ1) is 20.6. The van der Waals surface area contributed by atoms with Crippen LogP contribution in [0.15, 0.2) is 59.4 Å². The van der Waals surface area contributed by atoms with Crippen LogP contribution in [-0.2, 0) is 11.2 Å². The minimum Gasteiger partial charge on any atom is -0.497 e. The number of ether oxygens (including phenoxy) is 1. The van der Waals surface area contributed by atoms with Gasteiger partial charge in [-0.15, -0.1) is 0 Å². The number of aryl methyl sites for hydroxylation is 1. The molecule has 152 valence electrons. The number of likely N-dealkylation sites (N-methyl/N-ethyl adjacent to an activating group) is 1. The molecule has 0 saturated carbocycles. The van der Waals surface area contributed by atoms with Gasteiger partial charge in [0.15, 0.2) is 0 Å². The minimum absolute atomic E-state index is 0.0676. The van der Waals surface area contributed by atoms with Crippen LogP contribution in [0.1, 0.15) is 23.6 Å². The van der Waals surface area contributed by atoms with Crippen LogP contribution in [0, 0.1) is 0 Å². The zero-order chi connectivity index (χ0) is 20.8. The van der Waals surface area contributed by atoms with Gasteiger partial charge in [-0.1, -0.05) is 30.3 Å². The fourth-order valence-electron chi connectivity index (χ4n) is 3.36. The number of amides is 1. The second-order valence-electron chi connectivity index (χ2n) is 7.27. The van der Waals surface area contributed by atoms with E-state index in [2.05, 4.69) is 27.3 Å². The highest BCUT2D eigenvalue weighted by Crippen LogP contribution is 2.19. The van der Waals surface area contributed by atoms with E-state index in [1.54, 1.807) is 13.2 Å². The summed E-state index contributed by atoms with van der Waals surface area (Å²) in [6, 6.07) is 17.6. The molecular weight excluding hydrogens is 366 g/mol. The maximum atomic E-state index is 12.4. The number of nitrogens with zero attached hydrogens (tertiary/aromatic N) is 1. The second-order valence-corrected chi connectivity index (χ2v) is 7.27. The number of H-pyrrole nitrogens is 1. The SMILES string of the molecule is COc1ccc2cc(CCC(=O)NCC(c3ccccc3)N(C)C)c(=O)[nH]c2c1. The molecule has 6 nitrogen and oxygen atoms in total. The molecule has 6 heteroatoms. The van der Waals surface area contributed by atoms with E-state index < -0.39 is 0 Å². The van der Waals surface area contributed by atoms with Gasteiger partial charge in [0.05, 0.1) is 18.7 Å². The number of pyridine rings is 1. The number of fused-ring (bicyclic) bond motifs is 1. The van der Waals surface area contributed by atoms with Gasteiger partial charge in [-0.3, -0.25) is 9.59 Å². The lowest BCUT2D eigenvalue weighted by atomic mass is 10.1. The molecule has 0 bridgehead atoms. The predicted molar refractivity (Wildman–Crippen MR) is 115 cm³/mol. The number of aromatic amines is 1. The largest absolute Gasteiger partial charge is 0.497 e. The molecule has 1 heterocycles. The lowest BCUT2D eigenvalue weighted by Crippen LogP contribution is -2.34. The summed E-state index contributed by atoms with van der Waals surface area (Å²) in [5, 5.41) is 3.91. The minimum atomic E-state index is -0.172. The van der Waals surface area contributed by atoms with Crippen molar-refractivity contribution in [1.29, 1.82) is 0 Å². The predicted octanol–water partition coefficient (Wildman–Crippen LogP) is 2.89. The molecular formula is C23H27N3O3. The van der Waals surface area contributed by atoms with Crippen molar-refractivity contribution in [1.82, 2.24) is 15.2 Å². The number of aromatic nitrogens is 1. The van der Waals surface area contributed by atoms with E-state index in [0.29, 0.717) is 24.3 Å². The van der Waals surface area contributed by atoms with E-state index in [9.17, 15) is 9.59 Å². The van der Waals surface area contributed by atoms with Crippen molar-refractivity contribution in [2.45, 2.75) is 18.9 Å². The van der Waals surface area contributed by atoms with E-state index >= 15 is 0 Å². The van der Waals surface area contributed by atoms with Crippen molar-refractivity contribution in [3.05, 3.63) is 76.1 Å². The Morgan fingerprint density at radius 2 is 1.90 bits per heavy atom. The average molecular weight is 393 g/mol. The third-order valence-corrected chi connectivity index (χ3v) is 5.05. The van der Waals surface area contributed by atoms with Crippen LogP contribution in [0.2, 0.25) is 0 Å². The molecule has 3 rings (SSSR count). The Morgan fingerprint density at radius 3 is 2.59 bits per heavy atom. The van der Waals surface area contributed by atoms with Gasteiger partial charge in [0.2, 0.25) is 5.91 Å². The number of methoxy groups -OCH3 is 1. The smallest absolute Gasteiger partial charge is 0.251 e. The summed E-state index contributed by atoms with van der Waals surface area (Å²) in [4.78, 5) is 29.7. The molecule has 1 atom stereocenters. The third-order valence-electron chi connectivity index (χ3n) is 5.05. The molecule has 0 aliphatic heterocycles. The van der Waals surface area contributed by atoms with Crippen molar-refractivity contribution in [3.63, 3.8) is 0 Å². The van der Waals surface area contributed by atoms with E-state index in [0.717, 1.165) is 16.5 Å². The zero-order valence-corrected chi connectivity index (χ0v) is 17.1. The summed E-state index contributed by atoms with van der Waals surface area (Å²) in [7, 11) is 5.58. The summed E-state index contributed by atoms with van der Waals surface area (Å²) < 4.78 is 5.19. The second kappa shape index (κ2) is 9.39. The van der Waals surface area contributed by atoms with Gasteiger partial charge in [-0.05, 0) is 49.7 Å². The molecule has 1 aromatic heterocycles. The highest BCUT2D eigenvalue weighted by Gasteiger charge is 2.15. The standard InChI is InChI=1S/C23H27N3O3/c1-26(2)21(16-7-5-4-6-8-16)15-24-22(27)12-10-18-13-17-9-11-19(29-3)14-20(17)25-23(18)28/h4-9,11,13-14,21H,10,12,15H2,1-3H3,(H,24,27)(H,25,28). The van der Waals surface area contributed by atoms with Crippen LogP contribution in [0.25, 0.3) is 10.9 Å². The number of benzene rings is 2. The molecule has 29 heavy (non-hydrogen) atoms. The van der Waals surface area contributed by atoms with E-state index in [1.165, 1.54) is 0 Å². The number of hydrogen-bond acceptors (Lipinski definition) is 4. The summed E-state index contributed by atoms with van der Waals surface area (Å²) in [6.45, 7) is 0.518. The molecule has 0 aliphatic carbocycles. The van der Waals surface area contributed by atoms with Crippen LogP contribution in [0.5, 0.6) is 5.75 Å². The molecule has 2 aromatic carbocycles. The maximum absolute atomic E-state index is 12.4. The first-order chi connectivity index (χ1) is 14.0. The number of hydrogen-bond donors (Lipinski definition) is 2. The number of carbonyl (C=O) groups is 1. The number of nitrogens with one attached hydrogen (secondary N) is 2. The van der Waals surface area contributed by atoms with Gasteiger partial charge < -0.3 is 19.9 Å². The van der Waals surface area contributed by atoms with Crippen molar-refractivity contribution in [3.8, 4) is 5.75 Å². The molecule has 0 saturated heterocycles. The Morgan fingerprint density at radius 1 is 1.14 bits per heavy atom. The Hall–Kier alpha value is -3.12. The number of rotatable bonds is 8. The zero-order valence-electron chi connectivity index (χ0n) is 17.1. The normalized spacial score (nSPS) is 12.1. The Kier molecular flexibility index (Phi) is 6.67. The molecule has 1 amide bonds. The Balaban J connectivity index is 1.61. The van der Waals surface area contributed by atoms with Crippen LogP contribution in [0.3, 0.4) is 0 Å². The van der Waals surface area contributed by atoms with Crippen molar-refractivity contribution < 1.29 is 9.53 Å². The fraction of sp³-hybridized carbons (Fsp3) is 0.304. The molecule has 2 N–H and O–H groups in total. The molecule has 0 aliphatic rings. The lowest BCUT2D eigenvalue weighted by Gasteiger charge is -2.25. The Labute approximate surface area is 170 Å². The third kappa shape index (κ3) is 5.23. The summed E-state index contributed by atoms with van der Waals surface area (Å²) in [5.41, 5.74) is 2.30. The lowest BCUT2D eigenvalue weighted by molar-refractivity contribution is -0.121. The average Bonchev–Trinajstić information content (AvgIpc) is 2.72. The molecule has 3 aromatic rings. The topological polar surface area (TPSA) is 74.4 Å². The maximum Gasteiger partial charge on any atom is 0.251 e. The van der Waals surface area contributed by atoms with Crippen LogP contribution in [-0.4, -0.2) is 43.5 Å². The van der Waals surface area contributed by atoms with Gasteiger partial charge in [-0.25, -0.2) is 0 Å². The van der Waals surface area contributed by atoms with Gasteiger partial charge >= 0.3 is 0 Å². The fourth-order valence-corrected chi connectivity index (χ4v) is 3.36. The van der Waals surface area contributed by atoms with E-state index in [1.807, 2.05) is 50.5 Å². The van der Waals surface area contributed by atoms with Crippen LogP contribution < -0.4 is 15.6 Å².